The SMILES string of the molecule is CC(C)(C)C(=O)n1ccc2c(C=O)cccc21. The predicted octanol–water partition coefficient (Wildman–Crippen LogP) is 3.14. The van der Waals surface area contributed by atoms with Crippen LogP contribution >= 0.6 is 0 Å². The molecule has 88 valence electrons. The highest BCUT2D eigenvalue weighted by atomic mass is 16.2. The van der Waals surface area contributed by atoms with E-state index in [1.54, 1.807) is 22.9 Å². The van der Waals surface area contributed by atoms with E-state index >= 15 is 0 Å². The molecule has 0 aliphatic carbocycles. The van der Waals surface area contributed by atoms with Crippen molar-refractivity contribution in [1.82, 2.24) is 4.57 Å². The Morgan fingerprint density at radius 2 is 1.94 bits per heavy atom. The molecule has 0 bridgehead atoms. The van der Waals surface area contributed by atoms with Gasteiger partial charge in [0.15, 0.2) is 6.29 Å². The van der Waals surface area contributed by atoms with Gasteiger partial charge in [-0.15, -0.1) is 0 Å². The lowest BCUT2D eigenvalue weighted by atomic mass is 9.95. The van der Waals surface area contributed by atoms with E-state index in [1.807, 2.05) is 32.9 Å². The summed E-state index contributed by atoms with van der Waals surface area (Å²) < 4.78 is 1.61. The highest BCUT2D eigenvalue weighted by Crippen LogP contribution is 2.24. The van der Waals surface area contributed by atoms with Crippen LogP contribution in [0.2, 0.25) is 0 Å². The van der Waals surface area contributed by atoms with E-state index in [1.165, 1.54) is 0 Å². The molecular formula is C14H15NO2. The fraction of sp³-hybridized carbons (Fsp3) is 0.286. The van der Waals surface area contributed by atoms with Crippen molar-refractivity contribution in [2.24, 2.45) is 5.41 Å². The molecule has 0 N–H and O–H groups in total. The lowest BCUT2D eigenvalue weighted by molar-refractivity contribution is 0.0772. The lowest BCUT2D eigenvalue weighted by Gasteiger charge is -2.17. The largest absolute Gasteiger partial charge is 0.298 e. The van der Waals surface area contributed by atoms with Crippen LogP contribution in [0.3, 0.4) is 0 Å². The van der Waals surface area contributed by atoms with Crippen LogP contribution in [0.5, 0.6) is 0 Å². The maximum atomic E-state index is 12.2. The van der Waals surface area contributed by atoms with Gasteiger partial charge in [-0.05, 0) is 12.1 Å². The molecule has 0 aliphatic rings. The summed E-state index contributed by atoms with van der Waals surface area (Å²) in [6.45, 7) is 5.64. The Bertz CT molecular complexity index is 588. The molecule has 1 aromatic carbocycles. The van der Waals surface area contributed by atoms with Crippen LogP contribution in [0.15, 0.2) is 30.5 Å². The average molecular weight is 229 g/mol. The summed E-state index contributed by atoms with van der Waals surface area (Å²) in [7, 11) is 0. The summed E-state index contributed by atoms with van der Waals surface area (Å²) in [4.78, 5) is 23.1. The minimum atomic E-state index is -0.441. The van der Waals surface area contributed by atoms with Crippen molar-refractivity contribution in [3.63, 3.8) is 0 Å². The molecule has 0 fully saturated rings. The number of nitrogens with zero attached hydrogens (tertiary/aromatic N) is 1. The fourth-order valence-corrected chi connectivity index (χ4v) is 1.83. The Labute approximate surface area is 100 Å². The molecule has 3 nitrogen and oxygen atoms in total. The number of fused-ring (bicyclic) bond motifs is 1. The first-order valence-electron chi connectivity index (χ1n) is 5.55. The average Bonchev–Trinajstić information content (AvgIpc) is 2.69. The van der Waals surface area contributed by atoms with E-state index in [9.17, 15) is 9.59 Å². The van der Waals surface area contributed by atoms with Crippen molar-refractivity contribution < 1.29 is 9.59 Å². The maximum Gasteiger partial charge on any atom is 0.236 e. The Kier molecular flexibility index (Phi) is 2.62. The number of aldehydes is 1. The van der Waals surface area contributed by atoms with Gasteiger partial charge in [-0.25, -0.2) is 0 Å². The van der Waals surface area contributed by atoms with E-state index < -0.39 is 5.41 Å². The Morgan fingerprint density at radius 3 is 2.53 bits per heavy atom. The molecule has 0 saturated heterocycles. The van der Waals surface area contributed by atoms with Gasteiger partial charge in [0.05, 0.1) is 5.52 Å². The molecule has 2 aromatic rings. The smallest absolute Gasteiger partial charge is 0.236 e. The van der Waals surface area contributed by atoms with Gasteiger partial charge >= 0.3 is 0 Å². The third-order valence-corrected chi connectivity index (χ3v) is 2.75. The van der Waals surface area contributed by atoms with Crippen molar-refractivity contribution in [2.75, 3.05) is 0 Å². The molecule has 0 saturated carbocycles. The first-order valence-corrected chi connectivity index (χ1v) is 5.55. The first-order chi connectivity index (χ1) is 7.95. The summed E-state index contributed by atoms with van der Waals surface area (Å²) in [6, 6.07) is 7.20. The van der Waals surface area contributed by atoms with Crippen LogP contribution < -0.4 is 0 Å². The topological polar surface area (TPSA) is 39.1 Å². The molecule has 17 heavy (non-hydrogen) atoms. The molecular weight excluding hydrogens is 214 g/mol. The van der Waals surface area contributed by atoms with Gasteiger partial charge in [0.1, 0.15) is 0 Å². The maximum absolute atomic E-state index is 12.2. The van der Waals surface area contributed by atoms with E-state index in [0.29, 0.717) is 5.56 Å². The number of rotatable bonds is 1. The van der Waals surface area contributed by atoms with Gasteiger partial charge in [0.2, 0.25) is 5.91 Å². The van der Waals surface area contributed by atoms with Gasteiger partial charge in [-0.2, -0.15) is 0 Å². The second-order valence-electron chi connectivity index (χ2n) is 5.14. The minimum Gasteiger partial charge on any atom is -0.298 e. The monoisotopic (exact) mass is 229 g/mol. The summed E-state index contributed by atoms with van der Waals surface area (Å²) >= 11 is 0. The fourth-order valence-electron chi connectivity index (χ4n) is 1.83. The quantitative estimate of drug-likeness (QED) is 0.705. The van der Waals surface area contributed by atoms with Crippen molar-refractivity contribution >= 4 is 23.1 Å². The number of carbonyl (C=O) groups excluding carboxylic acids is 2. The number of benzene rings is 1. The van der Waals surface area contributed by atoms with Gasteiger partial charge in [-0.1, -0.05) is 32.9 Å². The number of hydrogen-bond acceptors (Lipinski definition) is 2. The second kappa shape index (κ2) is 3.84. The highest BCUT2D eigenvalue weighted by Gasteiger charge is 2.24. The molecule has 1 aromatic heterocycles. The zero-order valence-electron chi connectivity index (χ0n) is 10.2. The minimum absolute atomic E-state index is 0.0237. The molecule has 0 atom stereocenters. The Balaban J connectivity index is 2.66. The van der Waals surface area contributed by atoms with Crippen LogP contribution in [0.25, 0.3) is 10.9 Å². The van der Waals surface area contributed by atoms with Crippen LogP contribution in [0, 0.1) is 5.41 Å². The van der Waals surface area contributed by atoms with Crippen molar-refractivity contribution in [3.05, 3.63) is 36.0 Å². The lowest BCUT2D eigenvalue weighted by Crippen LogP contribution is -2.25. The Morgan fingerprint density at radius 1 is 1.24 bits per heavy atom. The van der Waals surface area contributed by atoms with Crippen LogP contribution in [-0.2, 0) is 0 Å². The van der Waals surface area contributed by atoms with Crippen molar-refractivity contribution in [1.29, 1.82) is 0 Å². The second-order valence-corrected chi connectivity index (χ2v) is 5.14. The summed E-state index contributed by atoms with van der Waals surface area (Å²) in [5.41, 5.74) is 0.959. The molecule has 0 radical (unpaired) electrons. The summed E-state index contributed by atoms with van der Waals surface area (Å²) in [6.07, 6.45) is 2.54. The highest BCUT2D eigenvalue weighted by molar-refractivity contribution is 6.01. The Hall–Kier alpha value is -1.90. The standard InChI is InChI=1S/C14H15NO2/c1-14(2,3)13(17)15-8-7-11-10(9-16)5-4-6-12(11)15/h4-9H,1-3H3. The molecule has 2 rings (SSSR count). The molecule has 1 heterocycles. The molecule has 0 unspecified atom stereocenters. The third-order valence-electron chi connectivity index (χ3n) is 2.75. The predicted molar refractivity (Wildman–Crippen MR) is 67.4 cm³/mol. The zero-order chi connectivity index (χ0) is 12.6. The first kappa shape index (κ1) is 11.6. The third kappa shape index (κ3) is 1.88. The van der Waals surface area contributed by atoms with Crippen LogP contribution in [0.1, 0.15) is 35.9 Å². The van der Waals surface area contributed by atoms with E-state index in [2.05, 4.69) is 0 Å². The number of carbonyl (C=O) groups is 2. The normalized spacial score (nSPS) is 11.7. The summed E-state index contributed by atoms with van der Waals surface area (Å²) in [5, 5.41) is 0.820. The van der Waals surface area contributed by atoms with Crippen LogP contribution in [-0.4, -0.2) is 16.8 Å². The number of aromatic nitrogens is 1. The molecule has 0 aliphatic heterocycles. The van der Waals surface area contributed by atoms with Crippen molar-refractivity contribution in [3.8, 4) is 0 Å². The zero-order valence-corrected chi connectivity index (χ0v) is 10.2. The van der Waals surface area contributed by atoms with Gasteiger partial charge in [-0.3, -0.25) is 14.2 Å². The van der Waals surface area contributed by atoms with E-state index in [0.717, 1.165) is 17.2 Å². The molecule has 0 spiro atoms. The molecule has 3 heteroatoms. The van der Waals surface area contributed by atoms with Gasteiger partial charge in [0, 0.05) is 22.6 Å². The van der Waals surface area contributed by atoms with E-state index in [4.69, 9.17) is 0 Å². The van der Waals surface area contributed by atoms with Gasteiger partial charge < -0.3 is 0 Å². The van der Waals surface area contributed by atoms with E-state index in [-0.39, 0.29) is 5.91 Å². The van der Waals surface area contributed by atoms with Gasteiger partial charge in [0.25, 0.3) is 0 Å². The number of hydrogen-bond donors (Lipinski definition) is 0. The van der Waals surface area contributed by atoms with Crippen LogP contribution in [0.4, 0.5) is 0 Å². The summed E-state index contributed by atoms with van der Waals surface area (Å²) in [5.74, 6) is 0.0237. The molecule has 0 amide bonds. The van der Waals surface area contributed by atoms with Crippen molar-refractivity contribution in [2.45, 2.75) is 20.8 Å².